The summed E-state index contributed by atoms with van der Waals surface area (Å²) in [5, 5.41) is 5.88. The molecule has 1 aliphatic heterocycles. The molecular weight excluding hydrogens is 296 g/mol. The Labute approximate surface area is 125 Å². The van der Waals surface area contributed by atoms with E-state index in [1.807, 2.05) is 11.8 Å². The highest BCUT2D eigenvalue weighted by atomic mass is 32.2. The summed E-state index contributed by atoms with van der Waals surface area (Å²) in [7, 11) is -3.33. The molecule has 0 saturated carbocycles. The van der Waals surface area contributed by atoms with E-state index in [4.69, 9.17) is 5.73 Å². The predicted molar refractivity (Wildman–Crippen MR) is 79.4 cm³/mol. The number of carbonyl (C=O) groups is 2. The third-order valence-corrected chi connectivity index (χ3v) is 4.99. The Hall–Kier alpha value is -1.19. The van der Waals surface area contributed by atoms with Crippen LogP contribution in [0.3, 0.4) is 0 Å². The molecule has 21 heavy (non-hydrogen) atoms. The molecule has 1 saturated heterocycles. The van der Waals surface area contributed by atoms with Crippen molar-refractivity contribution in [2.45, 2.75) is 19.4 Å². The zero-order valence-corrected chi connectivity index (χ0v) is 13.1. The normalized spacial score (nSPS) is 20.1. The first-order valence-corrected chi connectivity index (χ1v) is 8.89. The van der Waals surface area contributed by atoms with Crippen LogP contribution in [0.1, 0.15) is 13.3 Å². The number of likely N-dealkylation sites (N-methyl/N-ethyl adjacent to an activating group) is 1. The Morgan fingerprint density at radius 3 is 2.71 bits per heavy atom. The fourth-order valence-electron chi connectivity index (χ4n) is 2.18. The molecule has 0 aromatic heterocycles. The Morgan fingerprint density at radius 2 is 2.10 bits per heavy atom. The molecule has 0 aromatic carbocycles. The lowest BCUT2D eigenvalue weighted by Gasteiger charge is -2.34. The second-order valence-corrected chi connectivity index (χ2v) is 7.32. The van der Waals surface area contributed by atoms with Gasteiger partial charge in [-0.2, -0.15) is 0 Å². The lowest BCUT2D eigenvalue weighted by atomic mass is 10.2. The van der Waals surface area contributed by atoms with E-state index in [9.17, 15) is 18.0 Å². The molecule has 1 aliphatic rings. The third kappa shape index (κ3) is 6.40. The van der Waals surface area contributed by atoms with Crippen LogP contribution in [0.4, 0.5) is 0 Å². The number of nitrogens with two attached hydrogens (primary N) is 1. The molecule has 0 radical (unpaired) electrons. The Bertz CT molecular complexity index is 466. The van der Waals surface area contributed by atoms with Gasteiger partial charge in [-0.3, -0.25) is 14.5 Å². The van der Waals surface area contributed by atoms with E-state index in [0.717, 1.165) is 6.54 Å². The summed E-state index contributed by atoms with van der Waals surface area (Å²) in [6.45, 7) is 4.51. The topological polar surface area (TPSA) is 122 Å². The molecule has 122 valence electrons. The first kappa shape index (κ1) is 17.9. The van der Waals surface area contributed by atoms with Gasteiger partial charge in [0.15, 0.2) is 9.84 Å². The lowest BCUT2D eigenvalue weighted by Crippen LogP contribution is -2.58. The number of piperazine rings is 1. The van der Waals surface area contributed by atoms with Crippen molar-refractivity contribution in [3.8, 4) is 0 Å². The fraction of sp³-hybridized carbons (Fsp3) is 0.833. The Morgan fingerprint density at radius 1 is 1.38 bits per heavy atom. The fourth-order valence-corrected chi connectivity index (χ4v) is 3.41. The number of hydrogen-bond donors (Lipinski definition) is 3. The zero-order valence-electron chi connectivity index (χ0n) is 12.3. The van der Waals surface area contributed by atoms with Crippen LogP contribution in [-0.4, -0.2) is 75.4 Å². The van der Waals surface area contributed by atoms with Crippen LogP contribution in [0.15, 0.2) is 0 Å². The predicted octanol–water partition coefficient (Wildman–Crippen LogP) is -2.31. The highest BCUT2D eigenvalue weighted by Gasteiger charge is 2.29. The van der Waals surface area contributed by atoms with Gasteiger partial charge in [0.2, 0.25) is 11.8 Å². The SMILES string of the molecule is CCNC(=O)C1CNCCN1CCS(=O)(=O)CCC(N)=O. The first-order valence-electron chi connectivity index (χ1n) is 7.07. The highest BCUT2D eigenvalue weighted by Crippen LogP contribution is 2.05. The Balaban J connectivity index is 2.54. The molecule has 0 bridgehead atoms. The average molecular weight is 320 g/mol. The molecule has 2 amide bonds. The van der Waals surface area contributed by atoms with Crippen molar-refractivity contribution < 1.29 is 18.0 Å². The maximum atomic E-state index is 11.9. The number of amides is 2. The lowest BCUT2D eigenvalue weighted by molar-refractivity contribution is -0.126. The van der Waals surface area contributed by atoms with E-state index < -0.39 is 15.7 Å². The van der Waals surface area contributed by atoms with E-state index in [1.54, 1.807) is 0 Å². The van der Waals surface area contributed by atoms with Crippen LogP contribution < -0.4 is 16.4 Å². The number of rotatable bonds is 8. The summed E-state index contributed by atoms with van der Waals surface area (Å²) in [6.07, 6.45) is -0.163. The summed E-state index contributed by atoms with van der Waals surface area (Å²) < 4.78 is 23.7. The van der Waals surface area contributed by atoms with Crippen LogP contribution in [0.2, 0.25) is 0 Å². The molecule has 8 nitrogen and oxygen atoms in total. The van der Waals surface area contributed by atoms with Gasteiger partial charge >= 0.3 is 0 Å². The van der Waals surface area contributed by atoms with Crippen molar-refractivity contribution in [2.75, 3.05) is 44.2 Å². The van der Waals surface area contributed by atoms with Gasteiger partial charge < -0.3 is 16.4 Å². The zero-order chi connectivity index (χ0) is 15.9. The van der Waals surface area contributed by atoms with E-state index in [1.165, 1.54) is 0 Å². The van der Waals surface area contributed by atoms with Gasteiger partial charge in [-0.25, -0.2) is 8.42 Å². The van der Waals surface area contributed by atoms with Crippen molar-refractivity contribution in [1.29, 1.82) is 0 Å². The molecule has 1 rings (SSSR count). The van der Waals surface area contributed by atoms with E-state index in [-0.39, 0.29) is 36.4 Å². The molecule has 0 aliphatic carbocycles. The highest BCUT2D eigenvalue weighted by molar-refractivity contribution is 7.91. The second-order valence-electron chi connectivity index (χ2n) is 5.02. The maximum absolute atomic E-state index is 11.9. The van der Waals surface area contributed by atoms with Crippen molar-refractivity contribution >= 4 is 21.7 Å². The van der Waals surface area contributed by atoms with Gasteiger partial charge in [0.25, 0.3) is 0 Å². The van der Waals surface area contributed by atoms with Crippen LogP contribution >= 0.6 is 0 Å². The Kier molecular flexibility index (Phi) is 7.06. The van der Waals surface area contributed by atoms with Crippen molar-refractivity contribution in [1.82, 2.24) is 15.5 Å². The average Bonchev–Trinajstić information content (AvgIpc) is 2.44. The van der Waals surface area contributed by atoms with Crippen molar-refractivity contribution in [3.63, 3.8) is 0 Å². The van der Waals surface area contributed by atoms with Gasteiger partial charge in [-0.1, -0.05) is 0 Å². The quantitative estimate of drug-likeness (QED) is 0.462. The summed E-state index contributed by atoms with van der Waals surface area (Å²) in [5.41, 5.74) is 4.96. The second kappa shape index (κ2) is 8.30. The maximum Gasteiger partial charge on any atom is 0.238 e. The number of hydrogen-bond acceptors (Lipinski definition) is 6. The largest absolute Gasteiger partial charge is 0.370 e. The van der Waals surface area contributed by atoms with Crippen molar-refractivity contribution in [2.24, 2.45) is 5.73 Å². The summed E-state index contributed by atoms with van der Waals surface area (Å²) >= 11 is 0. The summed E-state index contributed by atoms with van der Waals surface area (Å²) in [6, 6.07) is -0.356. The third-order valence-electron chi connectivity index (χ3n) is 3.36. The monoisotopic (exact) mass is 320 g/mol. The first-order chi connectivity index (χ1) is 9.85. The smallest absolute Gasteiger partial charge is 0.238 e. The van der Waals surface area contributed by atoms with Gasteiger partial charge in [-0.15, -0.1) is 0 Å². The standard InChI is InChI=1S/C12H24N4O4S/c1-2-15-12(18)10-9-14-4-5-16(10)6-8-21(19,20)7-3-11(13)17/h10,14H,2-9H2,1H3,(H2,13,17)(H,15,18). The van der Waals surface area contributed by atoms with Crippen LogP contribution in [-0.2, 0) is 19.4 Å². The summed E-state index contributed by atoms with van der Waals surface area (Å²) in [5.74, 6) is -1.03. The number of primary amides is 1. The van der Waals surface area contributed by atoms with E-state index in [2.05, 4.69) is 10.6 Å². The van der Waals surface area contributed by atoms with Crippen molar-refractivity contribution in [3.05, 3.63) is 0 Å². The number of nitrogens with one attached hydrogen (secondary N) is 2. The minimum Gasteiger partial charge on any atom is -0.370 e. The molecule has 1 heterocycles. The molecular formula is C12H24N4O4S. The number of nitrogens with zero attached hydrogens (tertiary/aromatic N) is 1. The van der Waals surface area contributed by atoms with Crippen LogP contribution in [0, 0.1) is 0 Å². The van der Waals surface area contributed by atoms with Gasteiger partial charge in [0.05, 0.1) is 11.5 Å². The van der Waals surface area contributed by atoms with E-state index >= 15 is 0 Å². The molecule has 0 aromatic rings. The van der Waals surface area contributed by atoms with E-state index in [0.29, 0.717) is 19.6 Å². The molecule has 1 fully saturated rings. The van der Waals surface area contributed by atoms with Gasteiger partial charge in [0.1, 0.15) is 6.04 Å². The number of sulfone groups is 1. The molecule has 1 atom stereocenters. The van der Waals surface area contributed by atoms with Gasteiger partial charge in [0, 0.05) is 39.1 Å². The van der Waals surface area contributed by atoms with Crippen LogP contribution in [0.5, 0.6) is 0 Å². The van der Waals surface area contributed by atoms with Crippen LogP contribution in [0.25, 0.3) is 0 Å². The molecule has 4 N–H and O–H groups in total. The minimum atomic E-state index is -3.33. The molecule has 0 spiro atoms. The number of carbonyl (C=O) groups excluding carboxylic acids is 2. The molecule has 1 unspecified atom stereocenters. The van der Waals surface area contributed by atoms with Gasteiger partial charge in [-0.05, 0) is 6.92 Å². The molecule has 9 heteroatoms. The minimum absolute atomic E-state index is 0.0732. The summed E-state index contributed by atoms with van der Waals surface area (Å²) in [4.78, 5) is 24.5.